The molecule has 42 heavy (non-hydrogen) atoms. The fourth-order valence-electron chi connectivity index (χ4n) is 4.40. The molecule has 2 aliphatic heterocycles. The van der Waals surface area contributed by atoms with Gasteiger partial charge in [-0.05, 0) is 49.8 Å². The predicted octanol–water partition coefficient (Wildman–Crippen LogP) is 3.92. The number of nitrogens with two attached hydrogens (primary N) is 1. The minimum Gasteiger partial charge on any atom is -0.415 e. The Hall–Kier alpha value is -3.84. The van der Waals surface area contributed by atoms with Gasteiger partial charge in [0.15, 0.2) is 29.5 Å². The number of fused-ring (bicyclic) bond motifs is 2. The van der Waals surface area contributed by atoms with Crippen LogP contribution in [0.5, 0.6) is 0 Å². The monoisotopic (exact) mass is 607 g/mol. The minimum atomic E-state index is -4.87. The number of aromatic nitrogens is 4. The molecule has 222 valence electrons. The van der Waals surface area contributed by atoms with E-state index in [0.29, 0.717) is 29.6 Å². The van der Waals surface area contributed by atoms with Crippen molar-refractivity contribution in [3.63, 3.8) is 0 Å². The summed E-state index contributed by atoms with van der Waals surface area (Å²) in [7, 11) is 0. The van der Waals surface area contributed by atoms with Crippen LogP contribution >= 0.6 is 11.6 Å². The Morgan fingerprint density at radius 1 is 1.26 bits per heavy atom. The topological polar surface area (TPSA) is 159 Å². The van der Waals surface area contributed by atoms with Gasteiger partial charge in [0.25, 0.3) is 5.60 Å². The minimum absolute atomic E-state index is 0.00179. The number of cyclic esters (lactones) is 1. The van der Waals surface area contributed by atoms with Gasteiger partial charge in [0.2, 0.25) is 5.95 Å². The summed E-state index contributed by atoms with van der Waals surface area (Å²) in [6, 6.07) is 4.25. The molecular weight excluding hydrogens is 583 g/mol. The smallest absolute Gasteiger partial charge is 0.415 e. The van der Waals surface area contributed by atoms with E-state index < -0.39 is 24.2 Å². The van der Waals surface area contributed by atoms with Crippen LogP contribution in [-0.2, 0) is 19.8 Å². The number of aliphatic hydroxyl groups excluding tert-OH is 1. The summed E-state index contributed by atoms with van der Waals surface area (Å²) in [5.74, 6) is 5.44. The SMILES string of the molecule is Nc1nc(NC2CC2)c2ncn([C@H]3CO[C@@H](CO)O3)c2n1.O=C1Nc2ccc(Cl)cc2[C@@](C#CC2CC2)(C(F)(F)F)O1. The normalized spacial score (nSPS) is 24.9. The van der Waals surface area contributed by atoms with Crippen molar-refractivity contribution in [2.24, 2.45) is 5.92 Å². The third kappa shape index (κ3) is 5.62. The maximum atomic E-state index is 13.6. The fourth-order valence-corrected chi connectivity index (χ4v) is 4.57. The molecule has 2 saturated carbocycles. The summed E-state index contributed by atoms with van der Waals surface area (Å²) in [6.45, 7) is 0.140. The van der Waals surface area contributed by atoms with Crippen LogP contribution < -0.4 is 16.4 Å². The summed E-state index contributed by atoms with van der Waals surface area (Å²) in [5, 5.41) is 14.7. The maximum Gasteiger partial charge on any atom is 0.445 e. The number of amides is 1. The highest BCUT2D eigenvalue weighted by Crippen LogP contribution is 2.48. The van der Waals surface area contributed by atoms with E-state index in [4.69, 9.17) is 31.9 Å². The van der Waals surface area contributed by atoms with E-state index in [2.05, 4.69) is 42.2 Å². The second kappa shape index (κ2) is 10.8. The Bertz CT molecular complexity index is 1580. The zero-order chi connectivity index (χ0) is 29.6. The molecule has 3 fully saturated rings. The maximum absolute atomic E-state index is 13.6. The van der Waals surface area contributed by atoms with E-state index >= 15 is 0 Å². The first-order chi connectivity index (χ1) is 20.1. The second-order valence-corrected chi connectivity index (χ2v) is 10.6. The van der Waals surface area contributed by atoms with Crippen molar-refractivity contribution < 1.29 is 37.3 Å². The molecule has 0 unspecified atom stereocenters. The highest BCUT2D eigenvalue weighted by atomic mass is 35.5. The lowest BCUT2D eigenvalue weighted by molar-refractivity contribution is -0.239. The van der Waals surface area contributed by atoms with Crippen molar-refractivity contribution in [1.82, 2.24) is 19.5 Å². The molecular formula is C26H25ClF3N7O5. The summed E-state index contributed by atoms with van der Waals surface area (Å²) >= 11 is 5.78. The van der Waals surface area contributed by atoms with Gasteiger partial charge in [-0.15, -0.1) is 0 Å². The molecule has 4 heterocycles. The number of aliphatic hydroxyl groups is 1. The van der Waals surface area contributed by atoms with Crippen molar-refractivity contribution in [1.29, 1.82) is 0 Å². The number of hydrogen-bond acceptors (Lipinski definition) is 10. The van der Waals surface area contributed by atoms with Gasteiger partial charge < -0.3 is 30.4 Å². The Balaban J connectivity index is 0.000000150. The number of carbonyl (C=O) groups excluding carboxylic acids is 1. The highest BCUT2D eigenvalue weighted by molar-refractivity contribution is 6.30. The van der Waals surface area contributed by atoms with E-state index in [0.717, 1.165) is 31.7 Å². The average molecular weight is 608 g/mol. The number of alkyl halides is 3. The molecule has 2 aliphatic carbocycles. The molecule has 1 saturated heterocycles. The molecule has 1 aromatic carbocycles. The summed E-state index contributed by atoms with van der Waals surface area (Å²) in [4.78, 5) is 24.3. The lowest BCUT2D eigenvalue weighted by Gasteiger charge is -2.35. The first-order valence-electron chi connectivity index (χ1n) is 13.1. The molecule has 0 radical (unpaired) electrons. The number of hydrogen-bond donors (Lipinski definition) is 4. The van der Waals surface area contributed by atoms with E-state index in [1.807, 2.05) is 0 Å². The van der Waals surface area contributed by atoms with Gasteiger partial charge in [0.05, 0.1) is 25.2 Å². The quantitative estimate of drug-likeness (QED) is 0.320. The standard InChI is InChI=1S/C14H9ClF3NO2.C12H16N6O3/c15-9-3-4-11-10(7-9)13(14(16,17)18,21-12(20)19-11)6-5-8-1-2-8;13-12-16-10(15-6-1-2-6)9-11(17-12)18(5-14-9)7-4-20-8(3-19)21-7/h3-4,7-8H,1-2H2,(H,19,20);5-8,19H,1-4H2,(H3,13,15,16,17)/t13-;7-,8-/m01/s1. The van der Waals surface area contributed by atoms with Crippen LogP contribution in [0.4, 0.5) is 35.4 Å². The van der Waals surface area contributed by atoms with Crippen molar-refractivity contribution in [2.75, 3.05) is 29.6 Å². The molecule has 16 heteroatoms. The van der Waals surface area contributed by atoms with Crippen LogP contribution in [0.15, 0.2) is 24.5 Å². The van der Waals surface area contributed by atoms with Crippen molar-refractivity contribution >= 4 is 46.3 Å². The molecule has 1 amide bonds. The van der Waals surface area contributed by atoms with Crippen LogP contribution in [0.1, 0.15) is 37.5 Å². The van der Waals surface area contributed by atoms with Crippen LogP contribution in [0.3, 0.4) is 0 Å². The molecule has 7 rings (SSSR count). The van der Waals surface area contributed by atoms with Crippen LogP contribution in [-0.4, -0.2) is 62.4 Å². The zero-order valence-electron chi connectivity index (χ0n) is 21.8. The Morgan fingerprint density at radius 2 is 2.05 bits per heavy atom. The first-order valence-corrected chi connectivity index (χ1v) is 13.5. The molecule has 4 aliphatic rings. The van der Waals surface area contributed by atoms with Gasteiger partial charge in [-0.25, -0.2) is 9.78 Å². The fraction of sp³-hybridized carbons (Fsp3) is 0.462. The van der Waals surface area contributed by atoms with Crippen LogP contribution in [0.2, 0.25) is 5.02 Å². The van der Waals surface area contributed by atoms with E-state index in [-0.39, 0.29) is 41.0 Å². The highest BCUT2D eigenvalue weighted by Gasteiger charge is 2.62. The molecule has 2 aromatic heterocycles. The largest absolute Gasteiger partial charge is 0.445 e. The van der Waals surface area contributed by atoms with Crippen molar-refractivity contribution in [3.05, 3.63) is 35.1 Å². The average Bonchev–Trinajstić information content (AvgIpc) is 3.85. The van der Waals surface area contributed by atoms with Gasteiger partial charge in [0.1, 0.15) is 0 Å². The number of imidazole rings is 1. The predicted molar refractivity (Wildman–Crippen MR) is 143 cm³/mol. The Labute approximate surface area is 241 Å². The lowest BCUT2D eigenvalue weighted by atomic mass is 9.90. The molecule has 3 aromatic rings. The van der Waals surface area contributed by atoms with Crippen LogP contribution in [0, 0.1) is 17.8 Å². The van der Waals surface area contributed by atoms with Gasteiger partial charge in [-0.2, -0.15) is 23.1 Å². The van der Waals surface area contributed by atoms with E-state index in [9.17, 15) is 18.0 Å². The number of nitrogen functional groups attached to an aromatic ring is 1. The molecule has 12 nitrogen and oxygen atoms in total. The molecule has 0 bridgehead atoms. The number of nitrogens with one attached hydrogen (secondary N) is 2. The number of halogens is 4. The third-order valence-electron chi connectivity index (χ3n) is 6.82. The Kier molecular flexibility index (Phi) is 7.26. The number of ether oxygens (including phenoxy) is 3. The zero-order valence-corrected chi connectivity index (χ0v) is 22.6. The number of benzene rings is 1. The van der Waals surface area contributed by atoms with E-state index in [1.54, 1.807) is 10.9 Å². The first kappa shape index (κ1) is 28.3. The number of nitrogens with zero attached hydrogens (tertiary/aromatic N) is 4. The molecule has 5 N–H and O–H groups in total. The van der Waals surface area contributed by atoms with Gasteiger partial charge >= 0.3 is 12.3 Å². The number of carbonyl (C=O) groups is 1. The molecule has 3 atom stereocenters. The molecule has 0 spiro atoms. The summed E-state index contributed by atoms with van der Waals surface area (Å²) in [5.41, 5.74) is 3.77. The summed E-state index contributed by atoms with van der Waals surface area (Å²) < 4.78 is 58.0. The Morgan fingerprint density at radius 3 is 2.71 bits per heavy atom. The summed E-state index contributed by atoms with van der Waals surface area (Å²) in [6.07, 6.45) is -1.65. The third-order valence-corrected chi connectivity index (χ3v) is 7.06. The van der Waals surface area contributed by atoms with Gasteiger partial charge in [-0.1, -0.05) is 17.5 Å². The van der Waals surface area contributed by atoms with E-state index in [1.165, 1.54) is 12.1 Å². The van der Waals surface area contributed by atoms with Crippen molar-refractivity contribution in [2.45, 2.75) is 56.0 Å². The second-order valence-electron chi connectivity index (χ2n) is 10.1. The van der Waals surface area contributed by atoms with Gasteiger partial charge in [0, 0.05) is 22.5 Å². The van der Waals surface area contributed by atoms with Crippen LogP contribution in [0.25, 0.3) is 11.2 Å². The number of rotatable bonds is 4. The van der Waals surface area contributed by atoms with Crippen molar-refractivity contribution in [3.8, 4) is 11.8 Å². The van der Waals surface area contributed by atoms with Gasteiger partial charge in [-0.3, -0.25) is 9.88 Å². The number of anilines is 3. The lowest BCUT2D eigenvalue weighted by Crippen LogP contribution is -2.49.